The van der Waals surface area contributed by atoms with Crippen LogP contribution in [0.3, 0.4) is 0 Å². The first-order chi connectivity index (χ1) is 4.97. The summed E-state index contributed by atoms with van der Waals surface area (Å²) >= 11 is 0. The van der Waals surface area contributed by atoms with Gasteiger partial charge in [0.1, 0.15) is 0 Å². The lowest BCUT2D eigenvalue weighted by atomic mass is 10.3. The van der Waals surface area contributed by atoms with Crippen LogP contribution in [0.2, 0.25) is 0 Å². The van der Waals surface area contributed by atoms with Gasteiger partial charge >= 0.3 is 0 Å². The maximum absolute atomic E-state index is 5.06. The Morgan fingerprint density at radius 3 is 3.50 bits per heavy atom. The van der Waals surface area contributed by atoms with E-state index in [0.717, 1.165) is 5.56 Å². The van der Waals surface area contributed by atoms with Crippen LogP contribution in [0.4, 0.5) is 5.88 Å². The summed E-state index contributed by atoms with van der Waals surface area (Å²) in [4.78, 5) is 0. The predicted octanol–water partition coefficient (Wildman–Crippen LogP) is 1.70. The lowest BCUT2D eigenvalue weighted by Crippen LogP contribution is -1.84. The molecule has 0 bridgehead atoms. The van der Waals surface area contributed by atoms with Gasteiger partial charge in [0, 0.05) is 11.8 Å². The molecular formula is C7H6N2O. The molecule has 10 heavy (non-hydrogen) atoms. The Morgan fingerprint density at radius 2 is 2.50 bits per heavy atom. The molecule has 0 unspecified atom stereocenters. The molecular weight excluding hydrogens is 128 g/mol. The Labute approximate surface area is 58.0 Å². The monoisotopic (exact) mass is 134 g/mol. The number of allylic oxidation sites excluding steroid dienone is 1. The zero-order valence-corrected chi connectivity index (χ0v) is 5.24. The third kappa shape index (κ3) is 0.719. The Kier molecular flexibility index (Phi) is 1.07. The van der Waals surface area contributed by atoms with E-state index in [1.54, 1.807) is 12.5 Å². The van der Waals surface area contributed by atoms with Crippen molar-refractivity contribution in [2.75, 3.05) is 5.43 Å². The van der Waals surface area contributed by atoms with Gasteiger partial charge in [-0.2, -0.15) is 5.10 Å². The first kappa shape index (κ1) is 5.29. The molecule has 0 saturated heterocycles. The lowest BCUT2D eigenvalue weighted by Gasteiger charge is -1.91. The summed E-state index contributed by atoms with van der Waals surface area (Å²) in [6.07, 6.45) is 7.09. The van der Waals surface area contributed by atoms with Crippen LogP contribution in [-0.2, 0) is 0 Å². The zero-order valence-electron chi connectivity index (χ0n) is 5.24. The van der Waals surface area contributed by atoms with Crippen molar-refractivity contribution in [3.05, 3.63) is 24.0 Å². The molecule has 0 saturated carbocycles. The van der Waals surface area contributed by atoms with Gasteiger partial charge in [-0.25, -0.2) is 5.43 Å². The second kappa shape index (κ2) is 2.02. The van der Waals surface area contributed by atoms with Gasteiger partial charge in [-0.15, -0.1) is 0 Å². The number of fused-ring (bicyclic) bond motifs is 1. The summed E-state index contributed by atoms with van der Waals surface area (Å²) in [5, 5.41) is 3.83. The molecule has 0 amide bonds. The van der Waals surface area contributed by atoms with Crippen molar-refractivity contribution >= 4 is 18.2 Å². The fourth-order valence-electron chi connectivity index (χ4n) is 0.827. The average molecular weight is 134 g/mol. The van der Waals surface area contributed by atoms with Crippen molar-refractivity contribution in [2.24, 2.45) is 5.10 Å². The summed E-state index contributed by atoms with van der Waals surface area (Å²) in [6.45, 7) is 0. The first-order valence-corrected chi connectivity index (χ1v) is 3.00. The topological polar surface area (TPSA) is 37.5 Å². The van der Waals surface area contributed by atoms with Gasteiger partial charge in [0.2, 0.25) is 5.88 Å². The minimum Gasteiger partial charge on any atom is -0.447 e. The lowest BCUT2D eigenvalue weighted by molar-refractivity contribution is 0.580. The highest BCUT2D eigenvalue weighted by Crippen LogP contribution is 2.18. The van der Waals surface area contributed by atoms with E-state index in [0.29, 0.717) is 5.88 Å². The maximum Gasteiger partial charge on any atom is 0.220 e. The van der Waals surface area contributed by atoms with Gasteiger partial charge < -0.3 is 4.42 Å². The second-order valence-electron chi connectivity index (χ2n) is 1.95. The molecule has 1 aliphatic rings. The smallest absolute Gasteiger partial charge is 0.220 e. The molecule has 0 atom stereocenters. The minimum absolute atomic E-state index is 0.699. The number of nitrogens with zero attached hydrogens (tertiary/aromatic N) is 1. The molecule has 0 aromatic carbocycles. The van der Waals surface area contributed by atoms with Crippen molar-refractivity contribution in [3.8, 4) is 0 Å². The molecule has 1 aromatic heterocycles. The van der Waals surface area contributed by atoms with Gasteiger partial charge in [0.05, 0.1) is 6.26 Å². The standard InChI is InChI=1S/C7H6N2O/c1-2-6-3-5-10-7(6)9-8-4-1/h1-5,9H. The molecule has 2 heterocycles. The summed E-state index contributed by atoms with van der Waals surface area (Å²) < 4.78 is 5.06. The number of hydrogen-bond acceptors (Lipinski definition) is 3. The van der Waals surface area contributed by atoms with Crippen molar-refractivity contribution < 1.29 is 4.42 Å². The molecule has 0 spiro atoms. The van der Waals surface area contributed by atoms with E-state index in [9.17, 15) is 0 Å². The van der Waals surface area contributed by atoms with Crippen LogP contribution < -0.4 is 5.43 Å². The van der Waals surface area contributed by atoms with Crippen LogP contribution in [-0.4, -0.2) is 6.21 Å². The van der Waals surface area contributed by atoms with Gasteiger partial charge in [0.15, 0.2) is 0 Å². The summed E-state index contributed by atoms with van der Waals surface area (Å²) in [5.74, 6) is 0.699. The Hall–Kier alpha value is -1.51. The van der Waals surface area contributed by atoms with E-state index < -0.39 is 0 Å². The number of anilines is 1. The van der Waals surface area contributed by atoms with E-state index in [1.165, 1.54) is 0 Å². The van der Waals surface area contributed by atoms with Crippen molar-refractivity contribution in [1.29, 1.82) is 0 Å². The Morgan fingerprint density at radius 1 is 1.50 bits per heavy atom. The molecule has 1 aromatic rings. The number of hydrogen-bond donors (Lipinski definition) is 1. The van der Waals surface area contributed by atoms with Crippen LogP contribution in [0.25, 0.3) is 6.08 Å². The molecule has 0 aliphatic carbocycles. The van der Waals surface area contributed by atoms with E-state index in [2.05, 4.69) is 10.5 Å². The van der Waals surface area contributed by atoms with Crippen molar-refractivity contribution in [2.45, 2.75) is 0 Å². The summed E-state index contributed by atoms with van der Waals surface area (Å²) in [6, 6.07) is 1.88. The number of hydrazone groups is 1. The highest BCUT2D eigenvalue weighted by atomic mass is 16.3. The molecule has 50 valence electrons. The Balaban J connectivity index is 2.50. The molecule has 1 aliphatic heterocycles. The first-order valence-electron chi connectivity index (χ1n) is 3.00. The van der Waals surface area contributed by atoms with Crippen LogP contribution in [0, 0.1) is 0 Å². The quantitative estimate of drug-likeness (QED) is 0.586. The third-order valence-corrected chi connectivity index (χ3v) is 1.30. The summed E-state index contributed by atoms with van der Waals surface area (Å²) in [7, 11) is 0. The average Bonchev–Trinajstić information content (AvgIpc) is 2.28. The Bertz CT molecular complexity index is 286. The van der Waals surface area contributed by atoms with E-state index >= 15 is 0 Å². The largest absolute Gasteiger partial charge is 0.447 e. The third-order valence-electron chi connectivity index (χ3n) is 1.30. The fourth-order valence-corrected chi connectivity index (χ4v) is 0.827. The predicted molar refractivity (Wildman–Crippen MR) is 39.9 cm³/mol. The highest BCUT2D eigenvalue weighted by molar-refractivity contribution is 5.82. The van der Waals surface area contributed by atoms with Gasteiger partial charge in [0.25, 0.3) is 0 Å². The van der Waals surface area contributed by atoms with Gasteiger partial charge in [-0.1, -0.05) is 0 Å². The molecule has 0 radical (unpaired) electrons. The molecule has 3 heteroatoms. The van der Waals surface area contributed by atoms with E-state index in [1.807, 2.05) is 18.2 Å². The number of furan rings is 1. The van der Waals surface area contributed by atoms with Crippen molar-refractivity contribution in [1.82, 2.24) is 0 Å². The second-order valence-corrected chi connectivity index (χ2v) is 1.95. The summed E-state index contributed by atoms with van der Waals surface area (Å²) in [5.41, 5.74) is 3.77. The fraction of sp³-hybridized carbons (Fsp3) is 0. The normalized spacial score (nSPS) is 14.0. The van der Waals surface area contributed by atoms with Crippen LogP contribution in [0.5, 0.6) is 0 Å². The number of rotatable bonds is 0. The highest BCUT2D eigenvalue weighted by Gasteiger charge is 2.01. The van der Waals surface area contributed by atoms with Crippen LogP contribution >= 0.6 is 0 Å². The van der Waals surface area contributed by atoms with Crippen LogP contribution in [0.15, 0.2) is 27.9 Å². The van der Waals surface area contributed by atoms with E-state index in [-0.39, 0.29) is 0 Å². The van der Waals surface area contributed by atoms with Gasteiger partial charge in [-0.05, 0) is 18.2 Å². The van der Waals surface area contributed by atoms with Crippen LogP contribution in [0.1, 0.15) is 5.56 Å². The molecule has 3 nitrogen and oxygen atoms in total. The van der Waals surface area contributed by atoms with Crippen molar-refractivity contribution in [3.63, 3.8) is 0 Å². The minimum atomic E-state index is 0.699. The number of nitrogens with one attached hydrogen (secondary N) is 1. The maximum atomic E-state index is 5.06. The van der Waals surface area contributed by atoms with Gasteiger partial charge in [-0.3, -0.25) is 0 Å². The van der Waals surface area contributed by atoms with E-state index in [4.69, 9.17) is 4.42 Å². The SMILES string of the molecule is C1=Cc2ccoc2NN=C1. The molecule has 1 N–H and O–H groups in total. The zero-order chi connectivity index (χ0) is 6.81. The molecule has 0 fully saturated rings. The molecule has 2 rings (SSSR count).